The summed E-state index contributed by atoms with van der Waals surface area (Å²) in [6.45, 7) is 8.60. The highest BCUT2D eigenvalue weighted by Gasteiger charge is 2.30. The van der Waals surface area contributed by atoms with Crippen LogP contribution < -0.4 is 0 Å². The zero-order valence-electron chi connectivity index (χ0n) is 12.8. The van der Waals surface area contributed by atoms with Gasteiger partial charge in [0, 0.05) is 13.2 Å². The minimum absolute atomic E-state index is 0.231. The highest BCUT2D eigenvalue weighted by molar-refractivity contribution is 5.94. The molecule has 0 heterocycles. The van der Waals surface area contributed by atoms with Crippen molar-refractivity contribution in [3.05, 3.63) is 0 Å². The van der Waals surface area contributed by atoms with Gasteiger partial charge in [-0.1, -0.05) is 0 Å². The third kappa shape index (κ3) is 7.45. The van der Waals surface area contributed by atoms with E-state index in [1.165, 1.54) is 0 Å². The number of ether oxygens (including phenoxy) is 4. The first-order valence-corrected chi connectivity index (χ1v) is 7.16. The summed E-state index contributed by atoms with van der Waals surface area (Å²) >= 11 is 0. The van der Waals surface area contributed by atoms with Gasteiger partial charge in [0.25, 0.3) is 0 Å². The summed E-state index contributed by atoms with van der Waals surface area (Å²) in [5, 5.41) is 0. The fourth-order valence-electron chi connectivity index (χ4n) is 1.71. The molecule has 0 unspecified atom stereocenters. The lowest BCUT2D eigenvalue weighted by Crippen LogP contribution is -2.30. The quantitative estimate of drug-likeness (QED) is 0.329. The largest absolute Gasteiger partial charge is 0.465 e. The van der Waals surface area contributed by atoms with Crippen LogP contribution in [0.1, 0.15) is 40.5 Å². The molecule has 0 aromatic carbocycles. The summed E-state index contributed by atoms with van der Waals surface area (Å²) < 4.78 is 20.6. The summed E-state index contributed by atoms with van der Waals surface area (Å²) in [5.74, 6) is -2.03. The van der Waals surface area contributed by atoms with Gasteiger partial charge in [0.05, 0.1) is 13.2 Å². The van der Waals surface area contributed by atoms with Gasteiger partial charge < -0.3 is 18.9 Å². The fraction of sp³-hybridized carbons (Fsp3) is 0.857. The molecule has 0 aliphatic carbocycles. The van der Waals surface area contributed by atoms with E-state index in [1.807, 2.05) is 13.8 Å². The van der Waals surface area contributed by atoms with Crippen LogP contribution in [0.3, 0.4) is 0 Å². The zero-order chi connectivity index (χ0) is 15.4. The average Bonchev–Trinajstić information content (AvgIpc) is 2.40. The van der Waals surface area contributed by atoms with Gasteiger partial charge in [-0.2, -0.15) is 0 Å². The van der Waals surface area contributed by atoms with Gasteiger partial charge in [-0.05, 0) is 40.5 Å². The van der Waals surface area contributed by atoms with E-state index in [9.17, 15) is 9.59 Å². The molecule has 0 N–H and O–H groups in total. The minimum atomic E-state index is -0.918. The molecule has 0 aliphatic rings. The van der Waals surface area contributed by atoms with Crippen LogP contribution in [-0.4, -0.2) is 44.7 Å². The van der Waals surface area contributed by atoms with Gasteiger partial charge in [-0.15, -0.1) is 0 Å². The maximum absolute atomic E-state index is 11.8. The molecular weight excluding hydrogens is 264 g/mol. The highest BCUT2D eigenvalue weighted by atomic mass is 16.7. The Morgan fingerprint density at radius 1 is 0.750 bits per heavy atom. The molecule has 20 heavy (non-hydrogen) atoms. The number of rotatable bonds is 11. The summed E-state index contributed by atoms with van der Waals surface area (Å²) in [6.07, 6.45) is 0.295. The number of hydrogen-bond acceptors (Lipinski definition) is 6. The Morgan fingerprint density at radius 2 is 1.20 bits per heavy atom. The van der Waals surface area contributed by atoms with Crippen LogP contribution in [0.2, 0.25) is 0 Å². The van der Waals surface area contributed by atoms with E-state index in [1.54, 1.807) is 13.8 Å². The predicted octanol–water partition coefficient (Wildman–Crippen LogP) is 1.91. The second-order valence-corrected chi connectivity index (χ2v) is 3.97. The van der Waals surface area contributed by atoms with Crippen LogP contribution in [0.25, 0.3) is 0 Å². The summed E-state index contributed by atoms with van der Waals surface area (Å²) in [6, 6.07) is 0. The standard InChI is InChI=1S/C14H26O6/c1-5-17-12(18-6-2)10-9-11(13(15)19-7-3)14(16)20-8-4/h11-12H,5-10H2,1-4H3. The monoisotopic (exact) mass is 290 g/mol. The van der Waals surface area contributed by atoms with E-state index in [0.717, 1.165) is 0 Å². The van der Waals surface area contributed by atoms with Gasteiger partial charge in [-0.25, -0.2) is 0 Å². The Kier molecular flexibility index (Phi) is 11.0. The first-order chi connectivity index (χ1) is 9.60. The van der Waals surface area contributed by atoms with Crippen molar-refractivity contribution in [1.29, 1.82) is 0 Å². The molecule has 0 radical (unpaired) electrons. The lowest BCUT2D eigenvalue weighted by Gasteiger charge is -2.19. The van der Waals surface area contributed by atoms with E-state index in [4.69, 9.17) is 18.9 Å². The molecule has 0 amide bonds. The first kappa shape index (κ1) is 18.9. The Hall–Kier alpha value is -1.14. The van der Waals surface area contributed by atoms with Crippen molar-refractivity contribution in [2.24, 2.45) is 5.92 Å². The van der Waals surface area contributed by atoms with Gasteiger partial charge in [0.15, 0.2) is 12.2 Å². The normalized spacial score (nSPS) is 10.9. The minimum Gasteiger partial charge on any atom is -0.465 e. The lowest BCUT2D eigenvalue weighted by molar-refractivity contribution is -0.165. The van der Waals surface area contributed by atoms with Crippen LogP contribution in [0.5, 0.6) is 0 Å². The second kappa shape index (κ2) is 11.7. The number of carbonyl (C=O) groups excluding carboxylic acids is 2. The van der Waals surface area contributed by atoms with Crippen molar-refractivity contribution in [2.75, 3.05) is 26.4 Å². The fourth-order valence-corrected chi connectivity index (χ4v) is 1.71. The molecule has 0 rings (SSSR count). The second-order valence-electron chi connectivity index (χ2n) is 3.97. The maximum atomic E-state index is 11.8. The molecule has 118 valence electrons. The van der Waals surface area contributed by atoms with Crippen LogP contribution in [0.15, 0.2) is 0 Å². The number of hydrogen-bond donors (Lipinski definition) is 0. The van der Waals surface area contributed by atoms with E-state index in [0.29, 0.717) is 19.6 Å². The molecule has 0 aromatic rings. The molecule has 6 nitrogen and oxygen atoms in total. The van der Waals surface area contributed by atoms with Crippen molar-refractivity contribution >= 4 is 11.9 Å². The molecule has 0 aromatic heterocycles. The molecule has 0 spiro atoms. The smallest absolute Gasteiger partial charge is 0.320 e. The summed E-state index contributed by atoms with van der Waals surface area (Å²) in [4.78, 5) is 23.6. The molecule has 0 bridgehead atoms. The Labute approximate surface area is 120 Å². The molecule has 0 fully saturated rings. The molecule has 0 aliphatic heterocycles. The predicted molar refractivity (Wildman–Crippen MR) is 73.0 cm³/mol. The van der Waals surface area contributed by atoms with Crippen molar-refractivity contribution in [1.82, 2.24) is 0 Å². The topological polar surface area (TPSA) is 71.1 Å². The van der Waals surface area contributed by atoms with Gasteiger partial charge in [-0.3, -0.25) is 9.59 Å². The number of carbonyl (C=O) groups is 2. The van der Waals surface area contributed by atoms with Crippen LogP contribution in [0.4, 0.5) is 0 Å². The van der Waals surface area contributed by atoms with Crippen molar-refractivity contribution in [3.63, 3.8) is 0 Å². The Bertz CT molecular complexity index is 255. The molecular formula is C14H26O6. The van der Waals surface area contributed by atoms with Gasteiger partial charge in [0.1, 0.15) is 0 Å². The maximum Gasteiger partial charge on any atom is 0.320 e. The summed E-state index contributed by atoms with van der Waals surface area (Å²) in [7, 11) is 0. The van der Waals surface area contributed by atoms with Crippen molar-refractivity contribution in [3.8, 4) is 0 Å². The van der Waals surface area contributed by atoms with Crippen molar-refractivity contribution < 1.29 is 28.5 Å². The average molecular weight is 290 g/mol. The van der Waals surface area contributed by atoms with Crippen LogP contribution in [-0.2, 0) is 28.5 Å². The Balaban J connectivity index is 4.53. The van der Waals surface area contributed by atoms with Crippen molar-refractivity contribution in [2.45, 2.75) is 46.8 Å². The zero-order valence-corrected chi connectivity index (χ0v) is 12.8. The third-order valence-electron chi connectivity index (χ3n) is 2.54. The summed E-state index contributed by atoms with van der Waals surface area (Å²) in [5.41, 5.74) is 0. The third-order valence-corrected chi connectivity index (χ3v) is 2.54. The van der Waals surface area contributed by atoms with E-state index in [-0.39, 0.29) is 19.6 Å². The van der Waals surface area contributed by atoms with E-state index in [2.05, 4.69) is 0 Å². The van der Waals surface area contributed by atoms with Crippen LogP contribution >= 0.6 is 0 Å². The molecule has 0 atom stereocenters. The van der Waals surface area contributed by atoms with E-state index >= 15 is 0 Å². The molecule has 6 heteroatoms. The molecule has 0 saturated carbocycles. The Morgan fingerprint density at radius 3 is 1.55 bits per heavy atom. The van der Waals surface area contributed by atoms with Crippen LogP contribution in [0, 0.1) is 5.92 Å². The van der Waals surface area contributed by atoms with Gasteiger partial charge >= 0.3 is 11.9 Å². The first-order valence-electron chi connectivity index (χ1n) is 7.16. The van der Waals surface area contributed by atoms with Gasteiger partial charge in [0.2, 0.25) is 0 Å². The lowest BCUT2D eigenvalue weighted by atomic mass is 10.0. The highest BCUT2D eigenvalue weighted by Crippen LogP contribution is 2.15. The SMILES string of the molecule is CCOC(=O)C(CCC(OCC)OCC)C(=O)OCC. The number of esters is 2. The van der Waals surface area contributed by atoms with E-state index < -0.39 is 24.1 Å². The molecule has 0 saturated heterocycles.